The second-order valence-electron chi connectivity index (χ2n) is 7.88. The second kappa shape index (κ2) is 8.99. The van der Waals surface area contributed by atoms with Crippen molar-refractivity contribution in [1.29, 1.82) is 0 Å². The van der Waals surface area contributed by atoms with Gasteiger partial charge in [0.1, 0.15) is 0 Å². The van der Waals surface area contributed by atoms with Crippen molar-refractivity contribution >= 4 is 21.6 Å². The number of carbonyl (C=O) groups excluding carboxylic acids is 1. The normalized spacial score (nSPS) is 22.0. The van der Waals surface area contributed by atoms with Crippen LogP contribution in [0, 0.1) is 0 Å². The predicted molar refractivity (Wildman–Crippen MR) is 110 cm³/mol. The Labute approximate surface area is 172 Å². The Hall–Kier alpha value is -1.68. The Morgan fingerprint density at radius 3 is 2.24 bits per heavy atom. The molecule has 3 aliphatic heterocycles. The van der Waals surface area contributed by atoms with E-state index in [-0.39, 0.29) is 10.8 Å². The topological polar surface area (TPSA) is 82.2 Å². The van der Waals surface area contributed by atoms with Crippen LogP contribution in [0.15, 0.2) is 23.1 Å². The highest BCUT2D eigenvalue weighted by Crippen LogP contribution is 2.29. The molecular formula is C20H30N4O4S. The number of rotatable bonds is 5. The third-order valence-corrected chi connectivity index (χ3v) is 7.78. The number of nitrogens with one attached hydrogen (secondary N) is 1. The van der Waals surface area contributed by atoms with Crippen LogP contribution in [0.3, 0.4) is 0 Å². The molecule has 0 aromatic heterocycles. The molecule has 1 amide bonds. The summed E-state index contributed by atoms with van der Waals surface area (Å²) in [5, 5.41) is 1.95. The highest BCUT2D eigenvalue weighted by atomic mass is 32.2. The van der Waals surface area contributed by atoms with Gasteiger partial charge in [0.15, 0.2) is 0 Å². The van der Waals surface area contributed by atoms with Crippen molar-refractivity contribution in [2.24, 2.45) is 0 Å². The lowest BCUT2D eigenvalue weighted by atomic mass is 10.1. The van der Waals surface area contributed by atoms with Crippen LogP contribution in [0.1, 0.15) is 42.5 Å². The molecule has 4 rings (SSSR count). The average Bonchev–Trinajstić information content (AvgIpc) is 3.29. The lowest BCUT2D eigenvalue weighted by Gasteiger charge is -2.29. The first-order valence-electron chi connectivity index (χ1n) is 10.6. The van der Waals surface area contributed by atoms with Crippen LogP contribution in [0.25, 0.3) is 0 Å². The Balaban J connectivity index is 1.64. The molecule has 9 heteroatoms. The number of anilines is 1. The quantitative estimate of drug-likeness (QED) is 0.773. The fourth-order valence-corrected chi connectivity index (χ4v) is 5.67. The summed E-state index contributed by atoms with van der Waals surface area (Å²) < 4.78 is 32.9. The van der Waals surface area contributed by atoms with E-state index in [0.29, 0.717) is 31.9 Å². The summed E-state index contributed by atoms with van der Waals surface area (Å²) >= 11 is 0. The van der Waals surface area contributed by atoms with Crippen LogP contribution >= 0.6 is 0 Å². The maximum absolute atomic E-state index is 13.1. The van der Waals surface area contributed by atoms with Crippen LogP contribution in [0.4, 0.5) is 5.69 Å². The Morgan fingerprint density at radius 2 is 1.55 bits per heavy atom. The number of ether oxygens (including phenoxy) is 1. The highest BCUT2D eigenvalue weighted by Gasteiger charge is 2.29. The fourth-order valence-electron chi connectivity index (χ4n) is 4.24. The third-order valence-electron chi connectivity index (χ3n) is 5.88. The van der Waals surface area contributed by atoms with E-state index < -0.39 is 10.0 Å². The molecular weight excluding hydrogens is 392 g/mol. The molecule has 3 heterocycles. The summed E-state index contributed by atoms with van der Waals surface area (Å²) in [6.07, 6.45) is 5.47. The Kier molecular flexibility index (Phi) is 6.38. The first-order valence-corrected chi connectivity index (χ1v) is 12.0. The van der Waals surface area contributed by atoms with E-state index in [1.54, 1.807) is 18.2 Å². The minimum absolute atomic E-state index is 0.172. The molecule has 1 N–H and O–H groups in total. The van der Waals surface area contributed by atoms with Gasteiger partial charge in [0, 0.05) is 45.0 Å². The Morgan fingerprint density at radius 1 is 0.897 bits per heavy atom. The first kappa shape index (κ1) is 20.6. The van der Waals surface area contributed by atoms with Crippen molar-refractivity contribution in [2.75, 3.05) is 57.4 Å². The van der Waals surface area contributed by atoms with E-state index in [4.69, 9.17) is 4.74 Å². The number of hydrogen-bond donors (Lipinski definition) is 1. The van der Waals surface area contributed by atoms with Gasteiger partial charge in [0.25, 0.3) is 5.91 Å². The van der Waals surface area contributed by atoms with Crippen molar-refractivity contribution < 1.29 is 17.9 Å². The number of morpholine rings is 1. The fraction of sp³-hybridized carbons (Fsp3) is 0.650. The van der Waals surface area contributed by atoms with Gasteiger partial charge in [-0.15, -0.1) is 0 Å². The number of hydrogen-bond acceptors (Lipinski definition) is 6. The van der Waals surface area contributed by atoms with Gasteiger partial charge in [-0.25, -0.2) is 13.4 Å². The van der Waals surface area contributed by atoms with E-state index in [2.05, 4.69) is 10.3 Å². The third kappa shape index (κ3) is 4.58. The van der Waals surface area contributed by atoms with Gasteiger partial charge in [-0.05, 0) is 43.9 Å². The molecule has 160 valence electrons. The molecule has 8 nitrogen and oxygen atoms in total. The van der Waals surface area contributed by atoms with Crippen LogP contribution in [-0.2, 0) is 14.8 Å². The average molecular weight is 423 g/mol. The zero-order valence-electron chi connectivity index (χ0n) is 16.8. The number of piperidine rings is 1. The van der Waals surface area contributed by atoms with Crippen molar-refractivity contribution in [2.45, 2.75) is 37.0 Å². The minimum atomic E-state index is -3.65. The van der Waals surface area contributed by atoms with Gasteiger partial charge < -0.3 is 9.64 Å². The standard InChI is InChI=1S/C20H30N4O4S/c25-20(21-23-10-2-1-3-11-23)18-16-17(6-7-19(18)22-8-4-5-9-22)29(26,27)24-12-14-28-15-13-24/h6-7,16H,1-5,8-15H2,(H,21,25). The number of hydrazine groups is 1. The van der Waals surface area contributed by atoms with Gasteiger partial charge in [-0.1, -0.05) is 6.42 Å². The molecule has 1 aromatic rings. The molecule has 3 saturated heterocycles. The number of carbonyl (C=O) groups is 1. The van der Waals surface area contributed by atoms with Gasteiger partial charge in [-0.2, -0.15) is 4.31 Å². The first-order chi connectivity index (χ1) is 14.1. The van der Waals surface area contributed by atoms with Gasteiger partial charge in [0.2, 0.25) is 10.0 Å². The SMILES string of the molecule is O=C(NN1CCCCC1)c1cc(S(=O)(=O)N2CCOCC2)ccc1N1CCCC1. The molecule has 0 unspecified atom stereocenters. The molecule has 0 atom stereocenters. The number of nitrogens with zero attached hydrogens (tertiary/aromatic N) is 3. The van der Waals surface area contributed by atoms with Gasteiger partial charge >= 0.3 is 0 Å². The summed E-state index contributed by atoms with van der Waals surface area (Å²) in [6, 6.07) is 4.98. The van der Waals surface area contributed by atoms with Crippen molar-refractivity contribution in [3.05, 3.63) is 23.8 Å². The van der Waals surface area contributed by atoms with Crippen LogP contribution in [-0.4, -0.2) is 76.1 Å². The Bertz CT molecular complexity index is 827. The monoisotopic (exact) mass is 422 g/mol. The van der Waals surface area contributed by atoms with Crippen molar-refractivity contribution in [3.8, 4) is 0 Å². The zero-order valence-corrected chi connectivity index (χ0v) is 17.6. The van der Waals surface area contributed by atoms with Crippen molar-refractivity contribution in [1.82, 2.24) is 14.7 Å². The van der Waals surface area contributed by atoms with Gasteiger partial charge in [0.05, 0.1) is 23.7 Å². The van der Waals surface area contributed by atoms with Crippen LogP contribution in [0.2, 0.25) is 0 Å². The zero-order chi connectivity index (χ0) is 20.3. The van der Waals surface area contributed by atoms with E-state index in [9.17, 15) is 13.2 Å². The molecule has 0 aliphatic carbocycles. The van der Waals surface area contributed by atoms with Gasteiger partial charge in [-0.3, -0.25) is 10.2 Å². The largest absolute Gasteiger partial charge is 0.379 e. The molecule has 0 radical (unpaired) electrons. The molecule has 3 fully saturated rings. The second-order valence-corrected chi connectivity index (χ2v) is 9.82. The predicted octanol–water partition coefficient (Wildman–Crippen LogP) is 1.44. The number of sulfonamides is 1. The van der Waals surface area contributed by atoms with Crippen molar-refractivity contribution in [3.63, 3.8) is 0 Å². The summed E-state index contributed by atoms with van der Waals surface area (Å²) in [5.74, 6) is -0.229. The maximum atomic E-state index is 13.1. The summed E-state index contributed by atoms with van der Waals surface area (Å²) in [6.45, 7) is 4.91. The number of amides is 1. The molecule has 29 heavy (non-hydrogen) atoms. The molecule has 0 saturated carbocycles. The van der Waals surface area contributed by atoms with E-state index >= 15 is 0 Å². The molecule has 0 spiro atoms. The smallest absolute Gasteiger partial charge is 0.267 e. The minimum Gasteiger partial charge on any atom is -0.379 e. The molecule has 3 aliphatic rings. The molecule has 1 aromatic carbocycles. The summed E-state index contributed by atoms with van der Waals surface area (Å²) in [4.78, 5) is 15.5. The van der Waals surface area contributed by atoms with Crippen LogP contribution < -0.4 is 10.3 Å². The van der Waals surface area contributed by atoms with Crippen LogP contribution in [0.5, 0.6) is 0 Å². The number of benzene rings is 1. The lowest BCUT2D eigenvalue weighted by molar-refractivity contribution is 0.0729. The maximum Gasteiger partial charge on any atom is 0.267 e. The molecule has 0 bridgehead atoms. The summed E-state index contributed by atoms with van der Waals surface area (Å²) in [7, 11) is -3.65. The van der Waals surface area contributed by atoms with E-state index in [1.807, 2.05) is 5.01 Å². The summed E-state index contributed by atoms with van der Waals surface area (Å²) in [5.41, 5.74) is 4.25. The van der Waals surface area contributed by atoms with E-state index in [0.717, 1.165) is 57.5 Å². The lowest BCUT2D eigenvalue weighted by Crippen LogP contribution is -2.45. The highest BCUT2D eigenvalue weighted by molar-refractivity contribution is 7.89. The van der Waals surface area contributed by atoms with E-state index in [1.165, 1.54) is 10.7 Å².